The zero-order chi connectivity index (χ0) is 12.3. The molecule has 3 nitrogen and oxygen atoms in total. The van der Waals surface area contributed by atoms with Crippen LogP contribution in [0.2, 0.25) is 5.02 Å². The van der Waals surface area contributed by atoms with Gasteiger partial charge in [-0.15, -0.1) is 0 Å². The number of rotatable bonds is 4. The van der Waals surface area contributed by atoms with Gasteiger partial charge in [0.1, 0.15) is 5.82 Å². The van der Waals surface area contributed by atoms with Gasteiger partial charge in [-0.25, -0.2) is 9.37 Å². The van der Waals surface area contributed by atoms with Crippen LogP contribution < -0.4 is 5.32 Å². The maximum Gasteiger partial charge on any atom is 0.196 e. The van der Waals surface area contributed by atoms with E-state index in [0.717, 1.165) is 6.54 Å². The molecule has 5 heteroatoms. The first-order valence-corrected chi connectivity index (χ1v) is 5.63. The number of hydrogen-bond donors (Lipinski definition) is 1. The summed E-state index contributed by atoms with van der Waals surface area (Å²) in [5.41, 5.74) is 0.373. The number of benzene rings is 1. The number of nitrogens with one attached hydrogen (secondary N) is 1. The summed E-state index contributed by atoms with van der Waals surface area (Å²) in [5.74, 6) is 0.600. The van der Waals surface area contributed by atoms with Crippen molar-refractivity contribution < 1.29 is 8.81 Å². The molecule has 90 valence electrons. The van der Waals surface area contributed by atoms with Gasteiger partial charge in [0.15, 0.2) is 11.7 Å². The summed E-state index contributed by atoms with van der Waals surface area (Å²) in [6.07, 6.45) is 2.20. The molecule has 0 unspecified atom stereocenters. The fourth-order valence-electron chi connectivity index (χ4n) is 1.47. The Labute approximate surface area is 104 Å². The van der Waals surface area contributed by atoms with Gasteiger partial charge in [-0.05, 0) is 25.2 Å². The Hall–Kier alpha value is -1.39. The van der Waals surface area contributed by atoms with Crippen molar-refractivity contribution in [3.8, 4) is 11.3 Å². The summed E-state index contributed by atoms with van der Waals surface area (Å²) in [6, 6.07) is 4.46. The minimum absolute atomic E-state index is 0.362. The molecule has 0 bridgehead atoms. The third-order valence-corrected chi connectivity index (χ3v) is 2.57. The molecule has 0 saturated heterocycles. The van der Waals surface area contributed by atoms with Crippen molar-refractivity contribution in [2.24, 2.45) is 0 Å². The van der Waals surface area contributed by atoms with Crippen LogP contribution in [0.4, 0.5) is 4.39 Å². The van der Waals surface area contributed by atoms with E-state index >= 15 is 0 Å². The second-order valence-electron chi connectivity index (χ2n) is 3.60. The molecule has 0 atom stereocenters. The molecular formula is C12H12ClFN2O. The molecule has 1 aromatic heterocycles. The quantitative estimate of drug-likeness (QED) is 0.912. The number of likely N-dealkylation sites (N-methyl/N-ethyl adjacent to an activating group) is 1. The van der Waals surface area contributed by atoms with E-state index in [2.05, 4.69) is 10.3 Å². The Morgan fingerprint density at radius 2 is 2.29 bits per heavy atom. The molecule has 2 aromatic rings. The molecule has 0 amide bonds. The zero-order valence-corrected chi connectivity index (χ0v) is 10.1. The predicted octanol–water partition coefficient (Wildman–Crippen LogP) is 2.90. The SMILES string of the molecule is CNCCc1ncc(-c2ccc(Cl)cc2F)o1. The molecule has 0 aliphatic heterocycles. The van der Waals surface area contributed by atoms with Crippen molar-refractivity contribution in [3.05, 3.63) is 41.1 Å². The standard InChI is InChI=1S/C12H12ClFN2O/c1-15-5-4-12-16-7-11(17-12)9-3-2-8(13)6-10(9)14/h2-3,6-7,15H,4-5H2,1H3. The molecule has 1 heterocycles. The number of oxazole rings is 1. The van der Waals surface area contributed by atoms with Gasteiger partial charge in [-0.1, -0.05) is 11.6 Å². The van der Waals surface area contributed by atoms with E-state index in [4.69, 9.17) is 16.0 Å². The van der Waals surface area contributed by atoms with Crippen molar-refractivity contribution in [2.75, 3.05) is 13.6 Å². The molecule has 1 aromatic carbocycles. The average molecular weight is 255 g/mol. The van der Waals surface area contributed by atoms with Crippen LogP contribution in [0.1, 0.15) is 5.89 Å². The highest BCUT2D eigenvalue weighted by Gasteiger charge is 2.11. The predicted molar refractivity (Wildman–Crippen MR) is 64.5 cm³/mol. The fourth-order valence-corrected chi connectivity index (χ4v) is 1.63. The lowest BCUT2D eigenvalue weighted by molar-refractivity contribution is 0.497. The molecule has 0 saturated carbocycles. The van der Waals surface area contributed by atoms with Gasteiger partial charge >= 0.3 is 0 Å². The van der Waals surface area contributed by atoms with Gasteiger partial charge in [0.05, 0.1) is 11.8 Å². The summed E-state index contributed by atoms with van der Waals surface area (Å²) < 4.78 is 19.1. The Bertz CT molecular complexity index is 513. The Balaban J connectivity index is 2.24. The van der Waals surface area contributed by atoms with E-state index in [9.17, 15) is 4.39 Å². The van der Waals surface area contributed by atoms with Crippen molar-refractivity contribution in [2.45, 2.75) is 6.42 Å². The highest BCUT2D eigenvalue weighted by atomic mass is 35.5. The molecule has 0 aliphatic carbocycles. The largest absolute Gasteiger partial charge is 0.441 e. The Morgan fingerprint density at radius 3 is 3.00 bits per heavy atom. The van der Waals surface area contributed by atoms with Gasteiger partial charge in [0.2, 0.25) is 0 Å². The van der Waals surface area contributed by atoms with Crippen LogP contribution in [-0.2, 0) is 6.42 Å². The molecule has 0 aliphatic rings. The van der Waals surface area contributed by atoms with Crippen LogP contribution in [0.5, 0.6) is 0 Å². The molecule has 0 radical (unpaired) electrons. The van der Waals surface area contributed by atoms with Crippen LogP contribution >= 0.6 is 11.6 Å². The average Bonchev–Trinajstić information content (AvgIpc) is 2.75. The molecule has 17 heavy (non-hydrogen) atoms. The van der Waals surface area contributed by atoms with Crippen molar-refractivity contribution in [1.29, 1.82) is 0 Å². The van der Waals surface area contributed by atoms with Gasteiger partial charge in [-0.3, -0.25) is 0 Å². The lowest BCUT2D eigenvalue weighted by atomic mass is 10.2. The van der Waals surface area contributed by atoms with Crippen molar-refractivity contribution >= 4 is 11.6 Å². The normalized spacial score (nSPS) is 10.8. The smallest absolute Gasteiger partial charge is 0.196 e. The van der Waals surface area contributed by atoms with E-state index in [0.29, 0.717) is 28.7 Å². The van der Waals surface area contributed by atoms with E-state index in [1.807, 2.05) is 7.05 Å². The Morgan fingerprint density at radius 1 is 1.47 bits per heavy atom. The van der Waals surface area contributed by atoms with Crippen molar-refractivity contribution in [3.63, 3.8) is 0 Å². The maximum absolute atomic E-state index is 13.6. The third kappa shape index (κ3) is 2.84. The number of nitrogens with zero attached hydrogens (tertiary/aromatic N) is 1. The van der Waals surface area contributed by atoms with Crippen LogP contribution in [0.25, 0.3) is 11.3 Å². The minimum Gasteiger partial charge on any atom is -0.441 e. The van der Waals surface area contributed by atoms with Crippen LogP contribution in [0.15, 0.2) is 28.8 Å². The first kappa shape index (κ1) is 12.1. The number of hydrogen-bond acceptors (Lipinski definition) is 3. The van der Waals surface area contributed by atoms with E-state index in [-0.39, 0.29) is 0 Å². The van der Waals surface area contributed by atoms with E-state index in [1.54, 1.807) is 12.1 Å². The van der Waals surface area contributed by atoms with Crippen LogP contribution in [0, 0.1) is 5.82 Å². The van der Waals surface area contributed by atoms with Gasteiger partial charge < -0.3 is 9.73 Å². The summed E-state index contributed by atoms with van der Waals surface area (Å²) >= 11 is 5.68. The summed E-state index contributed by atoms with van der Waals surface area (Å²) in [7, 11) is 1.85. The number of halogens is 2. The highest BCUT2D eigenvalue weighted by Crippen LogP contribution is 2.25. The molecular weight excluding hydrogens is 243 g/mol. The van der Waals surface area contributed by atoms with Gasteiger partial charge in [-0.2, -0.15) is 0 Å². The molecule has 0 spiro atoms. The summed E-state index contributed by atoms with van der Waals surface area (Å²) in [4.78, 5) is 4.09. The maximum atomic E-state index is 13.6. The lowest BCUT2D eigenvalue weighted by Crippen LogP contribution is -2.10. The topological polar surface area (TPSA) is 38.1 Å². The molecule has 2 rings (SSSR count). The highest BCUT2D eigenvalue weighted by molar-refractivity contribution is 6.30. The molecule has 0 fully saturated rings. The summed E-state index contributed by atoms with van der Waals surface area (Å²) in [6.45, 7) is 0.767. The van der Waals surface area contributed by atoms with E-state index < -0.39 is 5.82 Å². The zero-order valence-electron chi connectivity index (χ0n) is 9.34. The third-order valence-electron chi connectivity index (χ3n) is 2.34. The van der Waals surface area contributed by atoms with Crippen LogP contribution in [-0.4, -0.2) is 18.6 Å². The second kappa shape index (κ2) is 5.29. The first-order chi connectivity index (χ1) is 8.20. The van der Waals surface area contributed by atoms with E-state index in [1.165, 1.54) is 12.3 Å². The first-order valence-electron chi connectivity index (χ1n) is 5.25. The second-order valence-corrected chi connectivity index (χ2v) is 4.03. The fraction of sp³-hybridized carbons (Fsp3) is 0.250. The van der Waals surface area contributed by atoms with Crippen LogP contribution in [0.3, 0.4) is 0 Å². The Kier molecular flexibility index (Phi) is 3.76. The number of aromatic nitrogens is 1. The molecule has 1 N–H and O–H groups in total. The minimum atomic E-state index is -0.409. The monoisotopic (exact) mass is 254 g/mol. The summed E-state index contributed by atoms with van der Waals surface area (Å²) in [5, 5.41) is 3.35. The van der Waals surface area contributed by atoms with Gasteiger partial charge in [0, 0.05) is 18.0 Å². The van der Waals surface area contributed by atoms with Gasteiger partial charge in [0.25, 0.3) is 0 Å². The lowest BCUT2D eigenvalue weighted by Gasteiger charge is -1.99. The van der Waals surface area contributed by atoms with Crippen molar-refractivity contribution in [1.82, 2.24) is 10.3 Å².